The molecule has 0 N–H and O–H groups in total. The number of fused-ring (bicyclic) bond motifs is 5. The topological polar surface area (TPSA) is 40.6 Å². The lowest BCUT2D eigenvalue weighted by atomic mass is 10.0. The van der Waals surface area contributed by atoms with Gasteiger partial charge in [-0.3, -0.25) is 4.79 Å². The molecule has 4 nitrogen and oxygen atoms in total. The Bertz CT molecular complexity index is 782. The second kappa shape index (κ2) is 5.01. The highest BCUT2D eigenvalue weighted by Gasteiger charge is 2.57. The predicted molar refractivity (Wildman–Crippen MR) is 76.0 cm³/mol. The molecule has 1 aliphatic carbocycles. The zero-order valence-corrected chi connectivity index (χ0v) is 12.8. The van der Waals surface area contributed by atoms with Crippen molar-refractivity contribution >= 4 is 17.6 Å². The standard InChI is InChI=1S/C16H10F6N2O2/c17-15(18,19)8-4-9(16(20,21)22)6-11(5-8)24-13(25)12-7-1-2-10(3-7)23(12)14(24)26/h1-2,4-7,10,12H,3H2. The van der Waals surface area contributed by atoms with Gasteiger partial charge in [0.05, 0.1) is 22.9 Å². The summed E-state index contributed by atoms with van der Waals surface area (Å²) in [6.45, 7) is 0. The van der Waals surface area contributed by atoms with E-state index in [9.17, 15) is 35.9 Å². The van der Waals surface area contributed by atoms with Gasteiger partial charge in [-0.05, 0) is 24.6 Å². The first kappa shape index (κ1) is 16.9. The minimum atomic E-state index is -5.06. The van der Waals surface area contributed by atoms with Gasteiger partial charge < -0.3 is 4.90 Å². The Hall–Kier alpha value is -2.52. The van der Waals surface area contributed by atoms with Gasteiger partial charge in [0.15, 0.2) is 0 Å². The van der Waals surface area contributed by atoms with Crippen molar-refractivity contribution in [3.8, 4) is 0 Å². The van der Waals surface area contributed by atoms with Crippen molar-refractivity contribution in [1.29, 1.82) is 0 Å². The Balaban J connectivity index is 1.81. The van der Waals surface area contributed by atoms with Crippen LogP contribution in [0.4, 0.5) is 36.8 Å². The molecule has 2 bridgehead atoms. The fourth-order valence-electron chi connectivity index (χ4n) is 3.77. The number of rotatable bonds is 1. The van der Waals surface area contributed by atoms with E-state index in [0.29, 0.717) is 23.5 Å². The molecular formula is C16H10F6N2O2. The molecule has 3 amide bonds. The third-order valence-corrected chi connectivity index (χ3v) is 4.87. The molecule has 26 heavy (non-hydrogen) atoms. The summed E-state index contributed by atoms with van der Waals surface area (Å²) >= 11 is 0. The van der Waals surface area contributed by atoms with Crippen molar-refractivity contribution in [2.24, 2.45) is 5.92 Å². The number of halogens is 6. The zero-order chi connectivity index (χ0) is 19.0. The number of benzene rings is 1. The van der Waals surface area contributed by atoms with Gasteiger partial charge >= 0.3 is 18.4 Å². The molecule has 4 rings (SSSR count). The lowest BCUT2D eigenvalue weighted by Crippen LogP contribution is -2.38. The number of alkyl halides is 6. The lowest BCUT2D eigenvalue weighted by molar-refractivity contribution is -0.143. The molecule has 2 aliphatic heterocycles. The summed E-state index contributed by atoms with van der Waals surface area (Å²) in [5.74, 6) is -1.08. The third kappa shape index (κ3) is 2.31. The molecular weight excluding hydrogens is 366 g/mol. The number of carbonyl (C=O) groups excluding carboxylic acids is 2. The highest BCUT2D eigenvalue weighted by molar-refractivity contribution is 6.22. The quantitative estimate of drug-likeness (QED) is 0.425. The first-order valence-electron chi connectivity index (χ1n) is 7.62. The summed E-state index contributed by atoms with van der Waals surface area (Å²) in [4.78, 5) is 26.8. The Morgan fingerprint density at radius 3 is 1.96 bits per heavy atom. The number of carbonyl (C=O) groups is 2. The second-order valence-electron chi connectivity index (χ2n) is 6.42. The van der Waals surface area contributed by atoms with Gasteiger partial charge in [-0.1, -0.05) is 12.2 Å². The SMILES string of the molecule is O=C1C2C3C=CC(C3)N2C(=O)N1c1cc(C(F)(F)F)cc(C(F)(F)F)c1. The first-order valence-corrected chi connectivity index (χ1v) is 7.62. The maximum atomic E-state index is 13.0. The summed E-state index contributed by atoms with van der Waals surface area (Å²) < 4.78 is 78.0. The fraction of sp³-hybridized carbons (Fsp3) is 0.375. The van der Waals surface area contributed by atoms with E-state index in [1.54, 1.807) is 12.2 Å². The van der Waals surface area contributed by atoms with Crippen LogP contribution >= 0.6 is 0 Å². The number of hydrogen-bond donors (Lipinski definition) is 0. The van der Waals surface area contributed by atoms with Gasteiger partial charge in [0.2, 0.25) is 0 Å². The molecule has 10 heteroatoms. The van der Waals surface area contributed by atoms with Crippen molar-refractivity contribution in [2.75, 3.05) is 4.90 Å². The molecule has 0 spiro atoms. The Morgan fingerprint density at radius 2 is 1.46 bits per heavy atom. The smallest absolute Gasteiger partial charge is 0.305 e. The van der Waals surface area contributed by atoms with E-state index >= 15 is 0 Å². The van der Waals surface area contributed by atoms with E-state index in [4.69, 9.17) is 0 Å². The van der Waals surface area contributed by atoms with Gasteiger partial charge in [0.1, 0.15) is 6.04 Å². The maximum Gasteiger partial charge on any atom is 0.416 e. The maximum absolute atomic E-state index is 13.0. The van der Waals surface area contributed by atoms with Crippen LogP contribution in [0.1, 0.15) is 17.5 Å². The van der Waals surface area contributed by atoms with E-state index in [1.807, 2.05) is 0 Å². The van der Waals surface area contributed by atoms with Crippen LogP contribution in [0.2, 0.25) is 0 Å². The highest BCUT2D eigenvalue weighted by Crippen LogP contribution is 2.45. The van der Waals surface area contributed by atoms with Crippen LogP contribution in [-0.4, -0.2) is 28.9 Å². The summed E-state index contributed by atoms with van der Waals surface area (Å²) in [5, 5.41) is 0. The number of amides is 3. The number of anilines is 1. The minimum absolute atomic E-state index is 0.0408. The van der Waals surface area contributed by atoms with Crippen LogP contribution in [0.3, 0.4) is 0 Å². The summed E-state index contributed by atoms with van der Waals surface area (Å²) in [7, 11) is 0. The Morgan fingerprint density at radius 1 is 0.885 bits per heavy atom. The van der Waals surface area contributed by atoms with Crippen molar-refractivity contribution in [3.63, 3.8) is 0 Å². The van der Waals surface area contributed by atoms with E-state index in [2.05, 4.69) is 0 Å². The molecule has 1 aromatic carbocycles. The van der Waals surface area contributed by atoms with Crippen molar-refractivity contribution in [3.05, 3.63) is 41.5 Å². The van der Waals surface area contributed by atoms with Gasteiger partial charge in [0, 0.05) is 5.92 Å². The monoisotopic (exact) mass is 376 g/mol. The number of nitrogens with zero attached hydrogens (tertiary/aromatic N) is 2. The molecule has 3 atom stereocenters. The molecule has 3 unspecified atom stereocenters. The van der Waals surface area contributed by atoms with Crippen LogP contribution < -0.4 is 4.90 Å². The van der Waals surface area contributed by atoms with Crippen LogP contribution in [0.5, 0.6) is 0 Å². The first-order chi connectivity index (χ1) is 12.0. The minimum Gasteiger partial charge on any atom is -0.305 e. The van der Waals surface area contributed by atoms with Crippen LogP contribution in [0.25, 0.3) is 0 Å². The molecule has 2 heterocycles. The van der Waals surface area contributed by atoms with Crippen LogP contribution in [0.15, 0.2) is 30.4 Å². The molecule has 2 saturated heterocycles. The average molecular weight is 376 g/mol. The molecule has 3 aliphatic rings. The summed E-state index contributed by atoms with van der Waals surface area (Å²) in [6, 6.07) is -1.39. The second-order valence-corrected chi connectivity index (χ2v) is 6.42. The van der Waals surface area contributed by atoms with Gasteiger partial charge in [-0.2, -0.15) is 26.3 Å². The highest BCUT2D eigenvalue weighted by atomic mass is 19.4. The van der Waals surface area contributed by atoms with Crippen molar-refractivity contribution in [1.82, 2.24) is 4.90 Å². The molecule has 0 aromatic heterocycles. The van der Waals surface area contributed by atoms with Crippen molar-refractivity contribution < 1.29 is 35.9 Å². The van der Waals surface area contributed by atoms with Gasteiger partial charge in [-0.25, -0.2) is 9.69 Å². The number of urea groups is 1. The van der Waals surface area contributed by atoms with Gasteiger partial charge in [-0.15, -0.1) is 0 Å². The van der Waals surface area contributed by atoms with Gasteiger partial charge in [0.25, 0.3) is 5.91 Å². The number of hydrogen-bond acceptors (Lipinski definition) is 2. The Kier molecular flexibility index (Phi) is 3.26. The van der Waals surface area contributed by atoms with Crippen molar-refractivity contribution in [2.45, 2.75) is 30.9 Å². The van der Waals surface area contributed by atoms with Crippen LogP contribution in [0, 0.1) is 5.92 Å². The average Bonchev–Trinajstić information content (AvgIpc) is 3.19. The van der Waals surface area contributed by atoms with E-state index in [0.717, 1.165) is 0 Å². The summed E-state index contributed by atoms with van der Waals surface area (Å²) in [5.41, 5.74) is -3.87. The lowest BCUT2D eigenvalue weighted by Gasteiger charge is -2.22. The fourth-order valence-corrected chi connectivity index (χ4v) is 3.77. The number of imide groups is 1. The van der Waals surface area contributed by atoms with E-state index < -0.39 is 47.1 Å². The molecule has 0 radical (unpaired) electrons. The normalized spacial score (nSPS) is 27.7. The van der Waals surface area contributed by atoms with E-state index in [1.165, 1.54) is 4.90 Å². The largest absolute Gasteiger partial charge is 0.416 e. The van der Waals surface area contributed by atoms with Crippen LogP contribution in [-0.2, 0) is 17.1 Å². The third-order valence-electron chi connectivity index (χ3n) is 4.87. The molecule has 1 aromatic rings. The molecule has 138 valence electrons. The zero-order valence-electron chi connectivity index (χ0n) is 12.8. The molecule has 2 fully saturated rings. The molecule has 0 saturated carbocycles. The predicted octanol–water partition coefficient (Wildman–Crippen LogP) is 3.82. The summed E-state index contributed by atoms with van der Waals surface area (Å²) in [6.07, 6.45) is -6.12. The Labute approximate surface area is 142 Å². The van der Waals surface area contributed by atoms with E-state index in [-0.39, 0.29) is 18.0 Å².